The van der Waals surface area contributed by atoms with E-state index >= 15 is 0 Å². The molecule has 6 heteroatoms. The predicted octanol–water partition coefficient (Wildman–Crippen LogP) is 2.57. The van der Waals surface area contributed by atoms with Gasteiger partial charge in [-0.3, -0.25) is 0 Å². The van der Waals surface area contributed by atoms with Crippen LogP contribution in [0, 0.1) is 0 Å². The summed E-state index contributed by atoms with van der Waals surface area (Å²) in [5.41, 5.74) is 0.934. The van der Waals surface area contributed by atoms with E-state index in [9.17, 15) is 14.7 Å². The van der Waals surface area contributed by atoms with Crippen LogP contribution in [0.5, 0.6) is 0 Å². The minimum absolute atomic E-state index is 0.272. The number of nitrogens with one attached hydrogen (secondary N) is 1. The van der Waals surface area contributed by atoms with Gasteiger partial charge >= 0.3 is 12.1 Å². The van der Waals surface area contributed by atoms with Gasteiger partial charge in [0.05, 0.1) is 19.3 Å². The van der Waals surface area contributed by atoms with Crippen molar-refractivity contribution in [3.63, 3.8) is 0 Å². The van der Waals surface area contributed by atoms with Crippen molar-refractivity contribution >= 4 is 12.1 Å². The van der Waals surface area contributed by atoms with Crippen LogP contribution in [-0.2, 0) is 20.9 Å². The van der Waals surface area contributed by atoms with E-state index in [1.807, 2.05) is 37.3 Å². The molecule has 0 bridgehead atoms. The largest absolute Gasteiger partial charge is 0.480 e. The summed E-state index contributed by atoms with van der Waals surface area (Å²) >= 11 is 0. The second-order valence-electron chi connectivity index (χ2n) is 4.95. The van der Waals surface area contributed by atoms with Gasteiger partial charge in [-0.05, 0) is 18.9 Å². The summed E-state index contributed by atoms with van der Waals surface area (Å²) in [6.07, 6.45) is 0.213. The molecule has 1 amide bonds. The number of carbonyl (C=O) groups excluding carboxylic acids is 1. The van der Waals surface area contributed by atoms with Gasteiger partial charge in [0.15, 0.2) is 6.04 Å². The van der Waals surface area contributed by atoms with Crippen LogP contribution in [-0.4, -0.2) is 35.9 Å². The molecule has 2 N–H and O–H groups in total. The quantitative estimate of drug-likeness (QED) is 0.685. The van der Waals surface area contributed by atoms with E-state index < -0.39 is 24.2 Å². The molecule has 1 aromatic rings. The maximum Gasteiger partial charge on any atom is 0.407 e. The molecular formula is C16H23NO5. The minimum atomic E-state index is -1.16. The van der Waals surface area contributed by atoms with Crippen molar-refractivity contribution in [2.24, 2.45) is 0 Å². The van der Waals surface area contributed by atoms with Crippen molar-refractivity contribution in [3.05, 3.63) is 35.9 Å². The summed E-state index contributed by atoms with van der Waals surface area (Å²) < 4.78 is 10.4. The number of benzene rings is 1. The molecule has 0 aliphatic rings. The van der Waals surface area contributed by atoms with Gasteiger partial charge in [-0.1, -0.05) is 43.7 Å². The third-order valence-corrected chi connectivity index (χ3v) is 3.10. The SMILES string of the molecule is CCCCOC(=O)N[C@H](C(=O)O)[C@@H](C)OCc1ccccc1. The number of rotatable bonds is 9. The highest BCUT2D eigenvalue weighted by molar-refractivity contribution is 5.80. The zero-order chi connectivity index (χ0) is 16.4. The number of aliphatic carboxylic acids is 1. The van der Waals surface area contributed by atoms with Crippen LogP contribution in [0.4, 0.5) is 4.79 Å². The summed E-state index contributed by atoms with van der Waals surface area (Å²) in [4.78, 5) is 22.8. The van der Waals surface area contributed by atoms with E-state index in [1.54, 1.807) is 6.92 Å². The van der Waals surface area contributed by atoms with Crippen molar-refractivity contribution < 1.29 is 24.2 Å². The third kappa shape index (κ3) is 6.58. The Balaban J connectivity index is 2.47. The molecule has 1 aromatic carbocycles. The van der Waals surface area contributed by atoms with Gasteiger partial charge in [0.1, 0.15) is 0 Å². The molecule has 0 radical (unpaired) electrons. The Morgan fingerprint density at radius 3 is 2.55 bits per heavy atom. The maximum atomic E-state index is 11.6. The van der Waals surface area contributed by atoms with Gasteiger partial charge in [0.2, 0.25) is 0 Å². The smallest absolute Gasteiger partial charge is 0.407 e. The number of carboxylic acids is 1. The lowest BCUT2D eigenvalue weighted by Gasteiger charge is -2.21. The van der Waals surface area contributed by atoms with E-state index in [4.69, 9.17) is 9.47 Å². The van der Waals surface area contributed by atoms with E-state index in [1.165, 1.54) is 0 Å². The first-order chi connectivity index (χ1) is 10.5. The monoisotopic (exact) mass is 309 g/mol. The third-order valence-electron chi connectivity index (χ3n) is 3.10. The fourth-order valence-corrected chi connectivity index (χ4v) is 1.76. The summed E-state index contributed by atoms with van der Waals surface area (Å²) in [5.74, 6) is -1.16. The Bertz CT molecular complexity index is 463. The first-order valence-corrected chi connectivity index (χ1v) is 7.36. The molecule has 0 aliphatic heterocycles. The Morgan fingerprint density at radius 2 is 1.95 bits per heavy atom. The molecule has 2 atom stereocenters. The van der Waals surface area contributed by atoms with Gasteiger partial charge < -0.3 is 19.9 Å². The van der Waals surface area contributed by atoms with Crippen molar-refractivity contribution in [2.75, 3.05) is 6.61 Å². The Kier molecular flexibility index (Phi) is 7.99. The molecule has 22 heavy (non-hydrogen) atoms. The normalized spacial score (nSPS) is 13.2. The zero-order valence-corrected chi connectivity index (χ0v) is 13.0. The highest BCUT2D eigenvalue weighted by atomic mass is 16.5. The van der Waals surface area contributed by atoms with Gasteiger partial charge in [-0.15, -0.1) is 0 Å². The van der Waals surface area contributed by atoms with Crippen LogP contribution < -0.4 is 5.32 Å². The van der Waals surface area contributed by atoms with Crippen LogP contribution in [0.25, 0.3) is 0 Å². The highest BCUT2D eigenvalue weighted by Crippen LogP contribution is 2.07. The van der Waals surface area contributed by atoms with Crippen LogP contribution in [0.15, 0.2) is 30.3 Å². The molecule has 0 aliphatic carbocycles. The molecular weight excluding hydrogens is 286 g/mol. The summed E-state index contributed by atoms with van der Waals surface area (Å²) in [6.45, 7) is 4.13. The lowest BCUT2D eigenvalue weighted by Crippen LogP contribution is -2.48. The van der Waals surface area contributed by atoms with E-state index in [0.29, 0.717) is 0 Å². The van der Waals surface area contributed by atoms with Crippen molar-refractivity contribution in [1.29, 1.82) is 0 Å². The Hall–Kier alpha value is -2.08. The maximum absolute atomic E-state index is 11.6. The summed E-state index contributed by atoms with van der Waals surface area (Å²) in [6, 6.07) is 8.26. The van der Waals surface area contributed by atoms with Crippen LogP contribution in [0.1, 0.15) is 32.3 Å². The van der Waals surface area contributed by atoms with Gasteiger partial charge in [0.25, 0.3) is 0 Å². The first-order valence-electron chi connectivity index (χ1n) is 7.36. The molecule has 0 saturated heterocycles. The topological polar surface area (TPSA) is 84.9 Å². The number of carbonyl (C=O) groups is 2. The molecule has 1 rings (SSSR count). The standard InChI is InChI=1S/C16H23NO5/c1-3-4-10-21-16(20)17-14(15(18)19)12(2)22-11-13-8-6-5-7-9-13/h5-9,12,14H,3-4,10-11H2,1-2H3,(H,17,20)(H,18,19)/t12-,14+/m1/s1. The van der Waals surface area contributed by atoms with Crippen LogP contribution >= 0.6 is 0 Å². The number of hydrogen-bond donors (Lipinski definition) is 2. The average molecular weight is 309 g/mol. The van der Waals surface area contributed by atoms with Crippen molar-refractivity contribution in [1.82, 2.24) is 5.32 Å². The van der Waals surface area contributed by atoms with E-state index in [-0.39, 0.29) is 13.2 Å². The number of hydrogen-bond acceptors (Lipinski definition) is 4. The first kappa shape index (κ1) is 18.0. The van der Waals surface area contributed by atoms with Crippen molar-refractivity contribution in [2.45, 2.75) is 45.4 Å². The van der Waals surface area contributed by atoms with Crippen molar-refractivity contribution in [3.8, 4) is 0 Å². The van der Waals surface area contributed by atoms with Gasteiger partial charge in [-0.2, -0.15) is 0 Å². The second kappa shape index (κ2) is 9.78. The molecule has 0 unspecified atom stereocenters. The number of carboxylic acid groups (broad SMARTS) is 1. The summed E-state index contributed by atoms with van der Waals surface area (Å²) in [5, 5.41) is 11.5. The highest BCUT2D eigenvalue weighted by Gasteiger charge is 2.27. The molecule has 6 nitrogen and oxygen atoms in total. The molecule has 0 aromatic heterocycles. The number of alkyl carbamates (subject to hydrolysis) is 1. The number of amides is 1. The molecule has 0 saturated carbocycles. The fourth-order valence-electron chi connectivity index (χ4n) is 1.76. The average Bonchev–Trinajstić information content (AvgIpc) is 2.51. The molecule has 0 fully saturated rings. The van der Waals surface area contributed by atoms with Gasteiger partial charge in [-0.25, -0.2) is 9.59 Å². The van der Waals surface area contributed by atoms with E-state index in [0.717, 1.165) is 18.4 Å². The molecule has 122 valence electrons. The Labute approximate surface area is 130 Å². The van der Waals surface area contributed by atoms with Crippen LogP contribution in [0.2, 0.25) is 0 Å². The molecule has 0 heterocycles. The molecule has 0 spiro atoms. The zero-order valence-electron chi connectivity index (χ0n) is 13.0. The van der Waals surface area contributed by atoms with E-state index in [2.05, 4.69) is 5.32 Å². The van der Waals surface area contributed by atoms with Gasteiger partial charge in [0, 0.05) is 0 Å². The summed E-state index contributed by atoms with van der Waals surface area (Å²) in [7, 11) is 0. The fraction of sp³-hybridized carbons (Fsp3) is 0.500. The number of ether oxygens (including phenoxy) is 2. The lowest BCUT2D eigenvalue weighted by atomic mass is 10.2. The predicted molar refractivity (Wildman–Crippen MR) is 81.5 cm³/mol. The second-order valence-corrected chi connectivity index (χ2v) is 4.95. The lowest BCUT2D eigenvalue weighted by molar-refractivity contribution is -0.143. The minimum Gasteiger partial charge on any atom is -0.480 e. The Morgan fingerprint density at radius 1 is 1.27 bits per heavy atom. The van der Waals surface area contributed by atoms with Crippen LogP contribution in [0.3, 0.4) is 0 Å². The number of unbranched alkanes of at least 4 members (excludes halogenated alkanes) is 1.